The van der Waals surface area contributed by atoms with Gasteiger partial charge < -0.3 is 29.1 Å². The highest BCUT2D eigenvalue weighted by Gasteiger charge is 2.13. The van der Waals surface area contributed by atoms with E-state index in [2.05, 4.69) is 15.0 Å². The Morgan fingerprint density at radius 1 is 1.23 bits per heavy atom. The Hall–Kier alpha value is -3.49. The lowest BCUT2D eigenvalue weighted by molar-refractivity contribution is -0.116. The van der Waals surface area contributed by atoms with E-state index in [1.54, 1.807) is 12.1 Å². The number of aromatic hydroxyl groups is 1. The molecule has 138 valence electrons. The number of benzene rings is 1. The van der Waals surface area contributed by atoms with Crippen molar-refractivity contribution in [3.8, 4) is 17.2 Å². The molecule has 2 rings (SSSR count). The van der Waals surface area contributed by atoms with E-state index >= 15 is 0 Å². The summed E-state index contributed by atoms with van der Waals surface area (Å²) >= 11 is 0. The molecule has 0 spiro atoms. The number of nitrogens with zero attached hydrogens (tertiary/aromatic N) is 1. The maximum atomic E-state index is 11.9. The van der Waals surface area contributed by atoms with Crippen LogP contribution in [0.25, 0.3) is 6.08 Å². The molecule has 0 aliphatic carbocycles. The fourth-order valence-electron chi connectivity index (χ4n) is 1.99. The van der Waals surface area contributed by atoms with Crippen LogP contribution in [0.5, 0.6) is 17.2 Å². The number of aromatic nitrogens is 1. The number of phenols is 1. The van der Waals surface area contributed by atoms with Crippen LogP contribution in [-0.2, 0) is 16.1 Å². The van der Waals surface area contributed by atoms with E-state index in [-0.39, 0.29) is 35.4 Å². The predicted octanol–water partition coefficient (Wildman–Crippen LogP) is 1.51. The van der Waals surface area contributed by atoms with Gasteiger partial charge in [0.25, 0.3) is 0 Å². The van der Waals surface area contributed by atoms with Crippen LogP contribution >= 0.6 is 0 Å². The molecule has 0 saturated heterocycles. The summed E-state index contributed by atoms with van der Waals surface area (Å²) in [6, 6.07) is 3.11. The summed E-state index contributed by atoms with van der Waals surface area (Å²) in [7, 11) is 4.05. The van der Waals surface area contributed by atoms with Crippen molar-refractivity contribution in [2.45, 2.75) is 6.54 Å². The second-order valence-corrected chi connectivity index (χ2v) is 4.94. The van der Waals surface area contributed by atoms with E-state index in [1.807, 2.05) is 0 Å². The van der Waals surface area contributed by atoms with Crippen LogP contribution in [0.3, 0.4) is 0 Å². The lowest BCUT2D eigenvalue weighted by Crippen LogP contribution is -2.20. The minimum Gasteiger partial charge on any atom is -0.502 e. The van der Waals surface area contributed by atoms with E-state index < -0.39 is 11.9 Å². The first kappa shape index (κ1) is 18.8. The second kappa shape index (κ2) is 8.56. The number of carbonyl (C=O) groups is 2. The molecule has 0 aliphatic heterocycles. The Morgan fingerprint density at radius 2 is 1.88 bits per heavy atom. The Bertz CT molecular complexity index is 801. The number of carbonyl (C=O) groups excluding carboxylic acids is 2. The number of ether oxygens (including phenoxy) is 3. The molecule has 0 unspecified atom stereocenters. The van der Waals surface area contributed by atoms with Crippen LogP contribution in [-0.4, -0.2) is 43.3 Å². The molecule has 1 amide bonds. The van der Waals surface area contributed by atoms with E-state index in [0.29, 0.717) is 5.56 Å². The number of phenolic OH excluding ortho intramolecular Hbond substituents is 1. The van der Waals surface area contributed by atoms with Crippen molar-refractivity contribution in [1.82, 2.24) is 10.3 Å². The molecule has 1 aromatic heterocycles. The molecule has 26 heavy (non-hydrogen) atoms. The van der Waals surface area contributed by atoms with Crippen molar-refractivity contribution in [2.24, 2.45) is 0 Å². The molecule has 2 aromatic rings. The molecule has 1 aromatic carbocycles. The van der Waals surface area contributed by atoms with Gasteiger partial charge in [0.2, 0.25) is 17.5 Å². The van der Waals surface area contributed by atoms with Crippen molar-refractivity contribution in [3.63, 3.8) is 0 Å². The number of hydrogen-bond donors (Lipinski definition) is 2. The molecular formula is C17H18N2O7. The fraction of sp³-hybridized carbons (Fsp3) is 0.235. The van der Waals surface area contributed by atoms with E-state index in [0.717, 1.165) is 6.26 Å². The number of amides is 1. The second-order valence-electron chi connectivity index (χ2n) is 4.94. The van der Waals surface area contributed by atoms with Gasteiger partial charge in [-0.2, -0.15) is 0 Å². The maximum Gasteiger partial charge on any atom is 0.360 e. The zero-order valence-corrected chi connectivity index (χ0v) is 14.4. The molecule has 2 N–H and O–H groups in total. The van der Waals surface area contributed by atoms with Crippen LogP contribution < -0.4 is 14.8 Å². The molecule has 0 atom stereocenters. The number of oxazole rings is 1. The van der Waals surface area contributed by atoms with Crippen molar-refractivity contribution in [2.75, 3.05) is 21.3 Å². The number of rotatable bonds is 7. The van der Waals surface area contributed by atoms with Gasteiger partial charge in [-0.3, -0.25) is 4.79 Å². The van der Waals surface area contributed by atoms with Crippen molar-refractivity contribution >= 4 is 18.0 Å². The highest BCUT2D eigenvalue weighted by molar-refractivity contribution is 5.91. The van der Waals surface area contributed by atoms with Gasteiger partial charge in [-0.15, -0.1) is 0 Å². The standard InChI is InChI=1S/C17H18N2O7/c1-23-12-6-10(7-13(24-2)16(12)21)4-5-14(20)18-8-15-19-11(9-26-15)17(22)25-3/h4-7,9,21H,8H2,1-3H3,(H,18,20)/b5-4+. The van der Waals surface area contributed by atoms with Gasteiger partial charge in [-0.1, -0.05) is 0 Å². The molecule has 9 nitrogen and oxygen atoms in total. The SMILES string of the molecule is COC(=O)c1coc(CNC(=O)/C=C/c2cc(OC)c(O)c(OC)c2)n1. The van der Waals surface area contributed by atoms with Crippen LogP contribution in [0, 0.1) is 0 Å². The van der Waals surface area contributed by atoms with Crippen LogP contribution in [0.4, 0.5) is 0 Å². The van der Waals surface area contributed by atoms with Gasteiger partial charge in [0, 0.05) is 6.08 Å². The predicted molar refractivity (Wildman–Crippen MR) is 89.9 cm³/mol. The van der Waals surface area contributed by atoms with Gasteiger partial charge in [0.05, 0.1) is 27.9 Å². The third-order valence-corrected chi connectivity index (χ3v) is 3.29. The minimum absolute atomic E-state index is 0.00237. The topological polar surface area (TPSA) is 120 Å². The van der Waals surface area contributed by atoms with Gasteiger partial charge in [0.15, 0.2) is 17.2 Å². The zero-order chi connectivity index (χ0) is 19.1. The molecular weight excluding hydrogens is 344 g/mol. The molecule has 1 heterocycles. The largest absolute Gasteiger partial charge is 0.502 e. The third-order valence-electron chi connectivity index (χ3n) is 3.29. The van der Waals surface area contributed by atoms with Gasteiger partial charge in [-0.25, -0.2) is 9.78 Å². The fourth-order valence-corrected chi connectivity index (χ4v) is 1.99. The average Bonchev–Trinajstić information content (AvgIpc) is 3.13. The average molecular weight is 362 g/mol. The molecule has 9 heteroatoms. The maximum absolute atomic E-state index is 11.9. The highest BCUT2D eigenvalue weighted by Crippen LogP contribution is 2.37. The monoisotopic (exact) mass is 362 g/mol. The van der Waals surface area contributed by atoms with Gasteiger partial charge in [0.1, 0.15) is 6.26 Å². The molecule has 0 aliphatic rings. The van der Waals surface area contributed by atoms with Crippen molar-refractivity contribution in [1.29, 1.82) is 0 Å². The number of methoxy groups -OCH3 is 3. The summed E-state index contributed by atoms with van der Waals surface area (Å²) < 4.78 is 19.7. The van der Waals surface area contributed by atoms with Gasteiger partial charge in [-0.05, 0) is 23.8 Å². The summed E-state index contributed by atoms with van der Waals surface area (Å²) in [5.41, 5.74) is 0.617. The third kappa shape index (κ3) is 4.53. The van der Waals surface area contributed by atoms with Crippen molar-refractivity contribution in [3.05, 3.63) is 41.6 Å². The van der Waals surface area contributed by atoms with Crippen LogP contribution in [0.1, 0.15) is 21.9 Å². The zero-order valence-electron chi connectivity index (χ0n) is 14.4. The first-order valence-electron chi connectivity index (χ1n) is 7.42. The highest BCUT2D eigenvalue weighted by atomic mass is 16.5. The Morgan fingerprint density at radius 3 is 2.46 bits per heavy atom. The Balaban J connectivity index is 1.99. The van der Waals surface area contributed by atoms with Gasteiger partial charge >= 0.3 is 5.97 Å². The lowest BCUT2D eigenvalue weighted by Gasteiger charge is -2.09. The quantitative estimate of drug-likeness (QED) is 0.562. The van der Waals surface area contributed by atoms with Crippen molar-refractivity contribution < 1.29 is 33.3 Å². The molecule has 0 radical (unpaired) electrons. The summed E-state index contributed by atoms with van der Waals surface area (Å²) in [6.45, 7) is 0.00237. The minimum atomic E-state index is -0.624. The molecule has 0 saturated carbocycles. The summed E-state index contributed by atoms with van der Waals surface area (Å²) in [5.74, 6) is -0.545. The van der Waals surface area contributed by atoms with Crippen LogP contribution in [0.2, 0.25) is 0 Å². The van der Waals surface area contributed by atoms with E-state index in [4.69, 9.17) is 13.9 Å². The smallest absolute Gasteiger partial charge is 0.360 e. The number of hydrogen-bond acceptors (Lipinski definition) is 8. The Labute approximate surface area is 149 Å². The van der Waals surface area contributed by atoms with E-state index in [1.165, 1.54) is 33.5 Å². The Kier molecular flexibility index (Phi) is 6.20. The normalized spacial score (nSPS) is 10.6. The molecule has 0 bridgehead atoms. The summed E-state index contributed by atoms with van der Waals surface area (Å²) in [6.07, 6.45) is 3.96. The van der Waals surface area contributed by atoms with E-state index in [9.17, 15) is 14.7 Å². The first-order chi connectivity index (χ1) is 12.5. The molecule has 0 fully saturated rings. The first-order valence-corrected chi connectivity index (χ1v) is 7.42. The number of nitrogens with one attached hydrogen (secondary N) is 1. The number of esters is 1. The summed E-state index contributed by atoms with van der Waals surface area (Å²) in [5, 5.41) is 12.4. The van der Waals surface area contributed by atoms with Crippen LogP contribution in [0.15, 0.2) is 28.9 Å². The summed E-state index contributed by atoms with van der Waals surface area (Å²) in [4.78, 5) is 27.0. The lowest BCUT2D eigenvalue weighted by atomic mass is 10.1.